The molecule has 0 saturated carbocycles. The topological polar surface area (TPSA) is 31.4 Å². The summed E-state index contributed by atoms with van der Waals surface area (Å²) in [7, 11) is 3.19. The van der Waals surface area contributed by atoms with Crippen molar-refractivity contribution < 1.29 is 9.47 Å². The number of nitrogens with zero attached hydrogens (tertiary/aromatic N) is 1. The average Bonchev–Trinajstić information content (AvgIpc) is 2.16. The molecule has 1 rings (SSSR count). The number of methoxy groups -OCH3 is 2. The van der Waals surface area contributed by atoms with Crippen molar-refractivity contribution in [1.29, 1.82) is 0 Å². The number of pyridine rings is 1. The Morgan fingerprint density at radius 1 is 1.42 bits per heavy atom. The molecule has 1 heterocycles. The van der Waals surface area contributed by atoms with Crippen molar-refractivity contribution in [2.75, 3.05) is 14.2 Å². The Morgan fingerprint density at radius 2 is 2.17 bits per heavy atom. The molecule has 0 atom stereocenters. The van der Waals surface area contributed by atoms with Crippen LogP contribution in [0.5, 0.6) is 11.6 Å². The van der Waals surface area contributed by atoms with Crippen LogP contribution in [0.2, 0.25) is 0 Å². The van der Waals surface area contributed by atoms with E-state index >= 15 is 0 Å². The standard InChI is InChI=1S/C8H11NO2S/c1-10-7-4-9-8(11-2)3-6(7)5-12/h3-4,12H,5H2,1-2H3. The van der Waals surface area contributed by atoms with Crippen molar-refractivity contribution in [3.05, 3.63) is 17.8 Å². The van der Waals surface area contributed by atoms with Gasteiger partial charge in [0.05, 0.1) is 20.4 Å². The maximum Gasteiger partial charge on any atom is 0.213 e. The highest BCUT2D eigenvalue weighted by Gasteiger charge is 2.03. The molecule has 66 valence electrons. The fourth-order valence-corrected chi connectivity index (χ4v) is 1.13. The molecule has 3 nitrogen and oxygen atoms in total. The van der Waals surface area contributed by atoms with Gasteiger partial charge in [0.2, 0.25) is 5.88 Å². The van der Waals surface area contributed by atoms with E-state index in [1.165, 1.54) is 0 Å². The average molecular weight is 185 g/mol. The third kappa shape index (κ3) is 1.82. The molecule has 0 aliphatic heterocycles. The van der Waals surface area contributed by atoms with Gasteiger partial charge in [-0.1, -0.05) is 0 Å². The summed E-state index contributed by atoms with van der Waals surface area (Å²) in [6.45, 7) is 0. The van der Waals surface area contributed by atoms with E-state index in [2.05, 4.69) is 17.6 Å². The minimum atomic E-state index is 0.583. The van der Waals surface area contributed by atoms with Gasteiger partial charge in [0.15, 0.2) is 0 Å². The molecular formula is C8H11NO2S. The largest absolute Gasteiger partial charge is 0.495 e. The van der Waals surface area contributed by atoms with E-state index in [0.29, 0.717) is 11.6 Å². The zero-order chi connectivity index (χ0) is 8.97. The minimum absolute atomic E-state index is 0.583. The molecule has 0 aliphatic rings. The van der Waals surface area contributed by atoms with Crippen molar-refractivity contribution >= 4 is 12.6 Å². The predicted octanol–water partition coefficient (Wildman–Crippen LogP) is 1.53. The van der Waals surface area contributed by atoms with Crippen LogP contribution in [0.1, 0.15) is 5.56 Å². The van der Waals surface area contributed by atoms with Crippen molar-refractivity contribution in [3.8, 4) is 11.6 Å². The Hall–Kier alpha value is -0.900. The zero-order valence-corrected chi connectivity index (χ0v) is 7.97. The summed E-state index contributed by atoms with van der Waals surface area (Å²) in [5.41, 5.74) is 0.979. The van der Waals surface area contributed by atoms with Gasteiger partial charge in [-0.3, -0.25) is 0 Å². The molecule has 4 heteroatoms. The summed E-state index contributed by atoms with van der Waals surface area (Å²) >= 11 is 4.16. The molecule has 0 saturated heterocycles. The van der Waals surface area contributed by atoms with Gasteiger partial charge in [-0.25, -0.2) is 4.98 Å². The summed E-state index contributed by atoms with van der Waals surface area (Å²) in [6, 6.07) is 1.81. The zero-order valence-electron chi connectivity index (χ0n) is 7.07. The molecule has 1 aromatic rings. The van der Waals surface area contributed by atoms with Crippen LogP contribution in [0.3, 0.4) is 0 Å². The highest BCUT2D eigenvalue weighted by molar-refractivity contribution is 7.79. The Morgan fingerprint density at radius 3 is 2.67 bits per heavy atom. The Balaban J connectivity index is 3.02. The van der Waals surface area contributed by atoms with Crippen LogP contribution in [0.4, 0.5) is 0 Å². The molecule has 0 N–H and O–H groups in total. The molecule has 0 radical (unpaired) electrons. The third-order valence-corrected chi connectivity index (χ3v) is 1.86. The van der Waals surface area contributed by atoms with Crippen molar-refractivity contribution in [2.45, 2.75) is 5.75 Å². The van der Waals surface area contributed by atoms with Crippen LogP contribution in [0, 0.1) is 0 Å². The van der Waals surface area contributed by atoms with E-state index in [0.717, 1.165) is 11.3 Å². The van der Waals surface area contributed by atoms with Crippen LogP contribution in [0.25, 0.3) is 0 Å². The molecule has 0 fully saturated rings. The third-order valence-electron chi connectivity index (χ3n) is 1.52. The summed E-state index contributed by atoms with van der Waals surface area (Å²) in [5.74, 6) is 1.94. The molecule has 12 heavy (non-hydrogen) atoms. The lowest BCUT2D eigenvalue weighted by molar-refractivity contribution is 0.385. The minimum Gasteiger partial charge on any atom is -0.495 e. The van der Waals surface area contributed by atoms with E-state index in [9.17, 15) is 0 Å². The van der Waals surface area contributed by atoms with E-state index in [-0.39, 0.29) is 0 Å². The fourth-order valence-electron chi connectivity index (χ4n) is 0.882. The number of aromatic nitrogens is 1. The molecule has 0 aliphatic carbocycles. The predicted molar refractivity (Wildman–Crippen MR) is 50.0 cm³/mol. The van der Waals surface area contributed by atoms with Crippen molar-refractivity contribution in [1.82, 2.24) is 4.98 Å². The van der Waals surface area contributed by atoms with Gasteiger partial charge < -0.3 is 9.47 Å². The highest BCUT2D eigenvalue weighted by Crippen LogP contribution is 2.22. The van der Waals surface area contributed by atoms with Crippen LogP contribution in [-0.4, -0.2) is 19.2 Å². The molecule has 1 aromatic heterocycles. The van der Waals surface area contributed by atoms with Crippen molar-refractivity contribution in [3.63, 3.8) is 0 Å². The number of ether oxygens (including phenoxy) is 2. The van der Waals surface area contributed by atoms with Gasteiger partial charge in [-0.15, -0.1) is 0 Å². The lowest BCUT2D eigenvalue weighted by Crippen LogP contribution is -1.93. The number of thiol groups is 1. The fraction of sp³-hybridized carbons (Fsp3) is 0.375. The first-order valence-electron chi connectivity index (χ1n) is 3.49. The second kappa shape index (κ2) is 4.21. The smallest absolute Gasteiger partial charge is 0.213 e. The molecular weight excluding hydrogens is 174 g/mol. The van der Waals surface area contributed by atoms with Gasteiger partial charge in [0, 0.05) is 17.4 Å². The molecule has 0 unspecified atom stereocenters. The van der Waals surface area contributed by atoms with Gasteiger partial charge >= 0.3 is 0 Å². The van der Waals surface area contributed by atoms with Crippen LogP contribution in [0.15, 0.2) is 12.3 Å². The van der Waals surface area contributed by atoms with Gasteiger partial charge in [-0.2, -0.15) is 12.6 Å². The Labute approximate surface area is 77.1 Å². The molecule has 0 bridgehead atoms. The molecule has 0 spiro atoms. The van der Waals surface area contributed by atoms with E-state index < -0.39 is 0 Å². The molecule has 0 amide bonds. The van der Waals surface area contributed by atoms with Crippen LogP contribution < -0.4 is 9.47 Å². The van der Waals surface area contributed by atoms with Gasteiger partial charge in [-0.05, 0) is 0 Å². The van der Waals surface area contributed by atoms with E-state index in [4.69, 9.17) is 9.47 Å². The van der Waals surface area contributed by atoms with Crippen LogP contribution >= 0.6 is 12.6 Å². The summed E-state index contributed by atoms with van der Waals surface area (Å²) in [4.78, 5) is 4.00. The maximum atomic E-state index is 5.07. The summed E-state index contributed by atoms with van der Waals surface area (Å²) in [6.07, 6.45) is 1.63. The van der Waals surface area contributed by atoms with Crippen molar-refractivity contribution in [2.24, 2.45) is 0 Å². The number of hydrogen-bond donors (Lipinski definition) is 1. The Bertz CT molecular complexity index is 265. The first kappa shape index (κ1) is 9.19. The quantitative estimate of drug-likeness (QED) is 0.724. The normalized spacial score (nSPS) is 9.58. The lowest BCUT2D eigenvalue weighted by atomic mass is 10.3. The first-order chi connectivity index (χ1) is 5.81. The summed E-state index contributed by atoms with van der Waals surface area (Å²) in [5, 5.41) is 0. The van der Waals surface area contributed by atoms with Gasteiger partial charge in [0.1, 0.15) is 5.75 Å². The Kier molecular flexibility index (Phi) is 3.22. The first-order valence-corrected chi connectivity index (χ1v) is 4.12. The number of hydrogen-bond acceptors (Lipinski definition) is 4. The highest BCUT2D eigenvalue weighted by atomic mass is 32.1. The summed E-state index contributed by atoms with van der Waals surface area (Å²) < 4.78 is 10.0. The monoisotopic (exact) mass is 185 g/mol. The second-order valence-corrected chi connectivity index (χ2v) is 2.51. The number of rotatable bonds is 3. The van der Waals surface area contributed by atoms with E-state index in [1.54, 1.807) is 20.4 Å². The van der Waals surface area contributed by atoms with Crippen LogP contribution in [-0.2, 0) is 5.75 Å². The SMILES string of the molecule is COc1cc(CS)c(OC)cn1. The van der Waals surface area contributed by atoms with E-state index in [1.807, 2.05) is 6.07 Å². The lowest BCUT2D eigenvalue weighted by Gasteiger charge is -2.06. The van der Waals surface area contributed by atoms with Gasteiger partial charge in [0.25, 0.3) is 0 Å². The molecule has 0 aromatic carbocycles. The maximum absolute atomic E-state index is 5.07. The second-order valence-electron chi connectivity index (χ2n) is 2.20.